The van der Waals surface area contributed by atoms with Crippen molar-refractivity contribution in [1.82, 2.24) is 24.4 Å². The monoisotopic (exact) mass is 485 g/mol. The number of rotatable bonds is 5. The summed E-state index contributed by atoms with van der Waals surface area (Å²) in [6.45, 7) is 1.53. The van der Waals surface area contributed by atoms with E-state index in [9.17, 15) is 14.3 Å². The molecule has 3 aromatic rings. The average Bonchev–Trinajstić information content (AvgIpc) is 3.42. The van der Waals surface area contributed by atoms with Crippen LogP contribution in [0.4, 0.5) is 4.39 Å². The summed E-state index contributed by atoms with van der Waals surface area (Å²) < 4.78 is 22.1. The molecule has 1 amide bonds. The molecule has 0 saturated carbocycles. The number of hydrogen-bond donors (Lipinski definition) is 1. The Morgan fingerprint density at radius 1 is 1.24 bits per heavy atom. The van der Waals surface area contributed by atoms with Gasteiger partial charge in [0.05, 0.1) is 42.2 Å². The topological polar surface area (TPSA) is 83.2 Å². The maximum atomic E-state index is 14.2. The van der Waals surface area contributed by atoms with Crippen LogP contribution in [-0.2, 0) is 13.1 Å². The summed E-state index contributed by atoms with van der Waals surface area (Å²) >= 11 is 6.01. The molecule has 2 fully saturated rings. The van der Waals surface area contributed by atoms with Crippen molar-refractivity contribution in [3.8, 4) is 5.75 Å². The first-order chi connectivity index (χ1) is 16.5. The Morgan fingerprint density at radius 2 is 2.03 bits per heavy atom. The van der Waals surface area contributed by atoms with Gasteiger partial charge in [-0.05, 0) is 37.8 Å². The van der Waals surface area contributed by atoms with Gasteiger partial charge in [0.2, 0.25) is 0 Å². The van der Waals surface area contributed by atoms with Gasteiger partial charge in [-0.2, -0.15) is 5.10 Å². The molecule has 0 spiro atoms. The van der Waals surface area contributed by atoms with Crippen LogP contribution in [0.1, 0.15) is 47.3 Å². The Hall–Kier alpha value is -2.75. The van der Waals surface area contributed by atoms with Crippen LogP contribution in [0.3, 0.4) is 0 Å². The Labute approximate surface area is 200 Å². The molecular weight excluding hydrogens is 461 g/mol. The first-order valence-electron chi connectivity index (χ1n) is 11.6. The molecule has 1 N–H and O–H groups in total. The van der Waals surface area contributed by atoms with Crippen LogP contribution >= 0.6 is 11.6 Å². The third-order valence-corrected chi connectivity index (χ3v) is 7.46. The smallest absolute Gasteiger partial charge is 0.258 e. The molecule has 0 aliphatic carbocycles. The fourth-order valence-corrected chi connectivity index (χ4v) is 5.93. The first kappa shape index (κ1) is 21.8. The molecule has 0 radical (unpaired) electrons. The highest BCUT2D eigenvalue weighted by Gasteiger charge is 2.41. The van der Waals surface area contributed by atoms with Gasteiger partial charge in [0.25, 0.3) is 5.91 Å². The predicted molar refractivity (Wildman–Crippen MR) is 122 cm³/mol. The van der Waals surface area contributed by atoms with Crippen molar-refractivity contribution in [2.75, 3.05) is 13.2 Å². The molecule has 3 aliphatic heterocycles. The number of ether oxygens (including phenoxy) is 1. The van der Waals surface area contributed by atoms with E-state index in [0.717, 1.165) is 36.9 Å². The summed E-state index contributed by atoms with van der Waals surface area (Å²) in [5, 5.41) is 14.4. The van der Waals surface area contributed by atoms with Crippen LogP contribution in [0.15, 0.2) is 30.6 Å². The summed E-state index contributed by atoms with van der Waals surface area (Å²) in [6, 6.07) is 4.82. The minimum atomic E-state index is -0.435. The van der Waals surface area contributed by atoms with E-state index >= 15 is 0 Å². The number of aliphatic hydroxyl groups is 1. The number of hydrogen-bond acceptors (Lipinski definition) is 6. The van der Waals surface area contributed by atoms with E-state index in [1.54, 1.807) is 21.8 Å². The number of nitrogens with zero attached hydrogens (tertiary/aromatic N) is 5. The van der Waals surface area contributed by atoms with Crippen LogP contribution in [0.2, 0.25) is 5.02 Å². The van der Waals surface area contributed by atoms with Gasteiger partial charge in [0.15, 0.2) is 5.65 Å². The summed E-state index contributed by atoms with van der Waals surface area (Å²) in [4.78, 5) is 21.9. The summed E-state index contributed by atoms with van der Waals surface area (Å²) in [7, 11) is 0. The molecule has 34 heavy (non-hydrogen) atoms. The van der Waals surface area contributed by atoms with E-state index in [0.29, 0.717) is 48.0 Å². The van der Waals surface area contributed by atoms with E-state index in [2.05, 4.69) is 15.0 Å². The average molecular weight is 486 g/mol. The third kappa shape index (κ3) is 3.72. The van der Waals surface area contributed by atoms with Crippen molar-refractivity contribution in [3.63, 3.8) is 0 Å². The normalized spacial score (nSPS) is 24.1. The van der Waals surface area contributed by atoms with E-state index in [1.807, 2.05) is 0 Å². The van der Waals surface area contributed by atoms with Gasteiger partial charge < -0.3 is 14.7 Å². The number of fused-ring (bicyclic) bond motifs is 5. The number of piperidine rings is 1. The van der Waals surface area contributed by atoms with E-state index in [1.165, 1.54) is 18.2 Å². The second-order valence-electron chi connectivity index (χ2n) is 9.32. The zero-order chi connectivity index (χ0) is 23.4. The van der Waals surface area contributed by atoms with Gasteiger partial charge >= 0.3 is 0 Å². The molecule has 2 atom stereocenters. The molecule has 0 unspecified atom stereocenters. The lowest BCUT2D eigenvalue weighted by Crippen LogP contribution is -2.47. The van der Waals surface area contributed by atoms with Gasteiger partial charge in [0.1, 0.15) is 17.7 Å². The number of aromatic nitrogens is 3. The minimum absolute atomic E-state index is 0.0882. The summed E-state index contributed by atoms with van der Waals surface area (Å²) in [6.07, 6.45) is 6.94. The lowest BCUT2D eigenvalue weighted by Gasteiger charge is -2.38. The second kappa shape index (κ2) is 8.48. The fraction of sp³-hybridized carbons (Fsp3) is 0.458. The zero-order valence-electron chi connectivity index (χ0n) is 18.5. The predicted octanol–water partition coefficient (Wildman–Crippen LogP) is 3.04. The number of benzene rings is 1. The van der Waals surface area contributed by atoms with Gasteiger partial charge in [0, 0.05) is 36.5 Å². The highest BCUT2D eigenvalue weighted by molar-refractivity contribution is 6.30. The first-order valence-corrected chi connectivity index (χ1v) is 12.0. The van der Waals surface area contributed by atoms with E-state index in [4.69, 9.17) is 16.3 Å². The molecular formula is C24H25ClFN5O3. The third-order valence-electron chi connectivity index (χ3n) is 7.26. The molecule has 1 aromatic carbocycles. The second-order valence-corrected chi connectivity index (χ2v) is 9.76. The molecule has 10 heteroatoms. The van der Waals surface area contributed by atoms with Gasteiger partial charge in [-0.1, -0.05) is 11.6 Å². The van der Waals surface area contributed by atoms with Crippen LogP contribution in [-0.4, -0.2) is 66.8 Å². The highest BCUT2D eigenvalue weighted by atomic mass is 35.5. The van der Waals surface area contributed by atoms with Crippen LogP contribution in [0.5, 0.6) is 5.75 Å². The van der Waals surface area contributed by atoms with Gasteiger partial charge in [-0.25, -0.2) is 13.9 Å². The Morgan fingerprint density at radius 3 is 2.79 bits per heavy atom. The van der Waals surface area contributed by atoms with Crippen LogP contribution in [0, 0.1) is 5.82 Å². The SMILES string of the molecule is O=C(c1ccc(F)cc1OC1C[C@@H]2CC[C@@H](C1)N2CCO)N1Cc2nn3cc(Cl)cnc3c2C1. The minimum Gasteiger partial charge on any atom is -0.489 e. The number of amides is 1. The Kier molecular flexibility index (Phi) is 5.43. The number of aliphatic hydroxyl groups excluding tert-OH is 1. The van der Waals surface area contributed by atoms with Crippen LogP contribution in [0.25, 0.3) is 5.65 Å². The number of carbonyl (C=O) groups excluding carboxylic acids is 1. The van der Waals surface area contributed by atoms with Crippen molar-refractivity contribution in [2.45, 2.75) is 57.0 Å². The number of halogens is 2. The molecule has 178 valence electrons. The van der Waals surface area contributed by atoms with Crippen LogP contribution < -0.4 is 4.74 Å². The Balaban J connectivity index is 1.21. The van der Waals surface area contributed by atoms with E-state index in [-0.39, 0.29) is 24.4 Å². The standard InChI is InChI=1S/C24H25ClFN5O3/c25-14-10-27-23-20-12-29(13-21(20)28-31(23)11-14)24(33)19-4-1-15(26)7-22(19)34-18-8-16-2-3-17(9-18)30(16)5-6-32/h1,4,7,10-11,16-18,32H,2-3,5-6,8-9,12-13H2/t16-,17-/m0/s1. The molecule has 6 rings (SSSR count). The van der Waals surface area contributed by atoms with Crippen molar-refractivity contribution < 1.29 is 19.0 Å². The van der Waals surface area contributed by atoms with Gasteiger partial charge in [-0.15, -0.1) is 0 Å². The lowest BCUT2D eigenvalue weighted by atomic mass is 9.99. The molecule has 3 aliphatic rings. The molecule has 5 heterocycles. The summed E-state index contributed by atoms with van der Waals surface area (Å²) in [5.74, 6) is -0.370. The summed E-state index contributed by atoms with van der Waals surface area (Å²) in [5.41, 5.74) is 2.70. The maximum absolute atomic E-state index is 14.2. The van der Waals surface area contributed by atoms with E-state index < -0.39 is 5.82 Å². The Bertz CT molecular complexity index is 1250. The highest BCUT2D eigenvalue weighted by Crippen LogP contribution is 2.38. The molecule has 2 aromatic heterocycles. The fourth-order valence-electron chi connectivity index (χ4n) is 5.79. The molecule has 2 bridgehead atoms. The maximum Gasteiger partial charge on any atom is 0.258 e. The molecule has 8 nitrogen and oxygen atoms in total. The quantitative estimate of drug-likeness (QED) is 0.598. The zero-order valence-corrected chi connectivity index (χ0v) is 19.3. The van der Waals surface area contributed by atoms with Crippen molar-refractivity contribution in [1.29, 1.82) is 0 Å². The van der Waals surface area contributed by atoms with Crippen molar-refractivity contribution in [3.05, 3.63) is 58.3 Å². The largest absolute Gasteiger partial charge is 0.489 e. The lowest BCUT2D eigenvalue weighted by molar-refractivity contribution is 0.0380. The van der Waals surface area contributed by atoms with Crippen molar-refractivity contribution >= 4 is 23.2 Å². The van der Waals surface area contributed by atoms with Gasteiger partial charge in [-0.3, -0.25) is 9.69 Å². The van der Waals surface area contributed by atoms with Crippen molar-refractivity contribution in [2.24, 2.45) is 0 Å². The molecule has 2 saturated heterocycles. The number of carbonyl (C=O) groups is 1.